The highest BCUT2D eigenvalue weighted by atomic mass is 16.3. The molecule has 0 aromatic rings. The van der Waals surface area contributed by atoms with Crippen LogP contribution in [0.2, 0.25) is 0 Å². The third kappa shape index (κ3) is 4.70. The Morgan fingerprint density at radius 1 is 1.04 bits per heavy atom. The average molecular weight is 394 g/mol. The van der Waals surface area contributed by atoms with Crippen LogP contribution in [0, 0.1) is 11.3 Å². The van der Waals surface area contributed by atoms with Crippen molar-refractivity contribution in [2.24, 2.45) is 17.1 Å². The van der Waals surface area contributed by atoms with Crippen LogP contribution in [-0.4, -0.2) is 53.1 Å². The molecule has 160 valence electrons. The molecule has 0 spiro atoms. The monoisotopic (exact) mass is 393 g/mol. The van der Waals surface area contributed by atoms with E-state index < -0.39 is 17.4 Å². The minimum Gasteiger partial charge on any atom is -0.390 e. The van der Waals surface area contributed by atoms with Gasteiger partial charge in [-0.2, -0.15) is 0 Å². The maximum Gasteiger partial charge on any atom is 0.238 e. The Bertz CT molecular complexity index is 541. The molecule has 3 rings (SSSR count). The molecule has 4 N–H and O–H groups in total. The van der Waals surface area contributed by atoms with Gasteiger partial charge in [0.15, 0.2) is 0 Å². The molecular formula is C22H39N3O3. The van der Waals surface area contributed by atoms with Crippen LogP contribution in [0.4, 0.5) is 0 Å². The van der Waals surface area contributed by atoms with E-state index in [1.807, 2.05) is 4.90 Å². The fraction of sp³-hybridized carbons (Fsp3) is 0.909. The van der Waals surface area contributed by atoms with Crippen molar-refractivity contribution in [2.45, 2.75) is 102 Å². The van der Waals surface area contributed by atoms with E-state index in [1.165, 1.54) is 19.3 Å². The van der Waals surface area contributed by atoms with Crippen molar-refractivity contribution in [3.05, 3.63) is 0 Å². The zero-order chi connectivity index (χ0) is 20.1. The molecule has 3 aliphatic rings. The van der Waals surface area contributed by atoms with Crippen molar-refractivity contribution in [1.82, 2.24) is 10.2 Å². The zero-order valence-corrected chi connectivity index (χ0v) is 17.5. The first-order chi connectivity index (χ1) is 13.4. The summed E-state index contributed by atoms with van der Waals surface area (Å²) in [7, 11) is 0. The van der Waals surface area contributed by atoms with Crippen LogP contribution in [0.5, 0.6) is 0 Å². The van der Waals surface area contributed by atoms with Crippen molar-refractivity contribution < 1.29 is 14.7 Å². The van der Waals surface area contributed by atoms with Gasteiger partial charge in [0, 0.05) is 19.1 Å². The van der Waals surface area contributed by atoms with Crippen molar-refractivity contribution >= 4 is 11.8 Å². The second-order valence-electron chi connectivity index (χ2n) is 9.49. The van der Waals surface area contributed by atoms with Crippen molar-refractivity contribution in [2.75, 3.05) is 13.1 Å². The minimum absolute atomic E-state index is 0.108. The molecule has 0 aromatic carbocycles. The van der Waals surface area contributed by atoms with Crippen molar-refractivity contribution in [3.63, 3.8) is 0 Å². The lowest BCUT2D eigenvalue weighted by atomic mass is 9.71. The molecule has 1 heterocycles. The quantitative estimate of drug-likeness (QED) is 0.625. The maximum absolute atomic E-state index is 13.9. The summed E-state index contributed by atoms with van der Waals surface area (Å²) in [4.78, 5) is 28.3. The Morgan fingerprint density at radius 3 is 2.32 bits per heavy atom. The first-order valence-electron chi connectivity index (χ1n) is 11.5. The van der Waals surface area contributed by atoms with E-state index in [1.54, 1.807) is 0 Å². The van der Waals surface area contributed by atoms with Gasteiger partial charge in [0.2, 0.25) is 11.8 Å². The average Bonchev–Trinajstić information content (AvgIpc) is 2.88. The molecule has 2 saturated carbocycles. The third-order valence-corrected chi connectivity index (χ3v) is 7.44. The summed E-state index contributed by atoms with van der Waals surface area (Å²) in [5.74, 6) is -0.114. The number of hydrogen-bond donors (Lipinski definition) is 3. The largest absolute Gasteiger partial charge is 0.390 e. The molecule has 0 radical (unpaired) electrons. The first-order valence-corrected chi connectivity index (χ1v) is 11.5. The van der Waals surface area contributed by atoms with Crippen LogP contribution in [0.1, 0.15) is 84.0 Å². The summed E-state index contributed by atoms with van der Waals surface area (Å²) < 4.78 is 0. The number of primary amides is 1. The summed E-state index contributed by atoms with van der Waals surface area (Å²) in [5.41, 5.74) is 4.76. The van der Waals surface area contributed by atoms with E-state index in [0.717, 1.165) is 44.9 Å². The molecule has 2 aliphatic carbocycles. The number of nitrogens with two attached hydrogens (primary N) is 1. The van der Waals surface area contributed by atoms with Gasteiger partial charge < -0.3 is 21.1 Å². The smallest absolute Gasteiger partial charge is 0.238 e. The van der Waals surface area contributed by atoms with Gasteiger partial charge >= 0.3 is 0 Å². The maximum atomic E-state index is 13.9. The molecule has 6 nitrogen and oxygen atoms in total. The number of aliphatic hydroxyl groups is 1. The molecule has 3 unspecified atom stereocenters. The second-order valence-corrected chi connectivity index (χ2v) is 9.49. The van der Waals surface area contributed by atoms with E-state index in [2.05, 4.69) is 12.2 Å². The SMILES string of the molecule is CC1CCC(N(CC2CCCCC2)C(=O)C2(C(N)=O)CCCCC2)C(O)CN1. The van der Waals surface area contributed by atoms with E-state index in [4.69, 9.17) is 5.73 Å². The molecule has 1 aliphatic heterocycles. The predicted molar refractivity (Wildman–Crippen MR) is 109 cm³/mol. The standard InChI is InChI=1S/C22H39N3O3/c1-16-10-11-18(19(26)14-24-16)25(15-17-8-4-2-5-9-17)21(28)22(20(23)27)12-6-3-7-13-22/h16-19,24,26H,2-15H2,1H3,(H2,23,27). The van der Waals surface area contributed by atoms with Gasteiger partial charge in [-0.1, -0.05) is 38.5 Å². The van der Waals surface area contributed by atoms with Crippen LogP contribution >= 0.6 is 0 Å². The van der Waals surface area contributed by atoms with Crippen molar-refractivity contribution in [1.29, 1.82) is 0 Å². The Kier molecular flexibility index (Phi) is 7.37. The van der Waals surface area contributed by atoms with Gasteiger partial charge in [0.1, 0.15) is 5.41 Å². The fourth-order valence-electron chi connectivity index (χ4n) is 5.55. The number of rotatable bonds is 5. The normalized spacial score (nSPS) is 31.7. The van der Waals surface area contributed by atoms with Gasteiger partial charge in [0.25, 0.3) is 0 Å². The lowest BCUT2D eigenvalue weighted by molar-refractivity contribution is -0.156. The van der Waals surface area contributed by atoms with Crippen LogP contribution in [0.25, 0.3) is 0 Å². The Balaban J connectivity index is 1.87. The van der Waals surface area contributed by atoms with E-state index in [0.29, 0.717) is 37.9 Å². The van der Waals surface area contributed by atoms with Crippen LogP contribution in [0.15, 0.2) is 0 Å². The number of carbonyl (C=O) groups is 2. The molecule has 2 amide bonds. The van der Waals surface area contributed by atoms with Gasteiger partial charge in [-0.15, -0.1) is 0 Å². The summed E-state index contributed by atoms with van der Waals surface area (Å²) in [6.45, 7) is 3.27. The number of nitrogens with zero attached hydrogens (tertiary/aromatic N) is 1. The summed E-state index contributed by atoms with van der Waals surface area (Å²) in [6, 6.07) is 0.0936. The predicted octanol–water partition coefficient (Wildman–Crippen LogP) is 2.33. The molecule has 3 atom stereocenters. The van der Waals surface area contributed by atoms with Gasteiger partial charge in [-0.05, 0) is 51.4 Å². The molecule has 28 heavy (non-hydrogen) atoms. The molecular weight excluding hydrogens is 354 g/mol. The lowest BCUT2D eigenvalue weighted by Gasteiger charge is -2.43. The number of β-amino-alcohol motifs (C(OH)–C–C–N with tert-alkyl or cyclic N) is 1. The first kappa shape index (κ1) is 21.6. The Hall–Kier alpha value is -1.14. The lowest BCUT2D eigenvalue weighted by Crippen LogP contribution is -2.58. The van der Waals surface area contributed by atoms with Crippen LogP contribution in [-0.2, 0) is 9.59 Å². The highest BCUT2D eigenvalue weighted by molar-refractivity contribution is 6.04. The summed E-state index contributed by atoms with van der Waals surface area (Å²) in [6.07, 6.45) is 10.9. The summed E-state index contributed by atoms with van der Waals surface area (Å²) in [5, 5.41) is 14.2. The second kappa shape index (κ2) is 9.57. The number of amides is 2. The molecule has 1 saturated heterocycles. The molecule has 0 bridgehead atoms. The number of carbonyl (C=O) groups excluding carboxylic acids is 2. The van der Waals surface area contributed by atoms with Crippen LogP contribution in [0.3, 0.4) is 0 Å². The number of hydrogen-bond acceptors (Lipinski definition) is 4. The fourth-order valence-corrected chi connectivity index (χ4v) is 5.55. The third-order valence-electron chi connectivity index (χ3n) is 7.44. The summed E-state index contributed by atoms with van der Waals surface area (Å²) >= 11 is 0. The van der Waals surface area contributed by atoms with Crippen LogP contribution < -0.4 is 11.1 Å². The van der Waals surface area contributed by atoms with E-state index in [-0.39, 0.29) is 11.9 Å². The van der Waals surface area contributed by atoms with Gasteiger partial charge in [0.05, 0.1) is 12.1 Å². The van der Waals surface area contributed by atoms with E-state index >= 15 is 0 Å². The van der Waals surface area contributed by atoms with Crippen molar-refractivity contribution in [3.8, 4) is 0 Å². The molecule has 3 fully saturated rings. The number of nitrogens with one attached hydrogen (secondary N) is 1. The van der Waals surface area contributed by atoms with Gasteiger partial charge in [-0.25, -0.2) is 0 Å². The highest BCUT2D eigenvalue weighted by Crippen LogP contribution is 2.40. The molecule has 6 heteroatoms. The topological polar surface area (TPSA) is 95.7 Å². The highest BCUT2D eigenvalue weighted by Gasteiger charge is 2.49. The zero-order valence-electron chi connectivity index (χ0n) is 17.5. The Morgan fingerprint density at radius 2 is 1.68 bits per heavy atom. The number of aliphatic hydroxyl groups excluding tert-OH is 1. The Labute approximate surface area is 169 Å². The minimum atomic E-state index is -1.07. The van der Waals surface area contributed by atoms with E-state index in [9.17, 15) is 14.7 Å². The molecule has 0 aromatic heterocycles. The van der Waals surface area contributed by atoms with Gasteiger partial charge in [-0.3, -0.25) is 9.59 Å².